The fraction of sp³-hybridized carbons (Fsp3) is 0.529. The van der Waals surface area contributed by atoms with E-state index in [2.05, 4.69) is 24.9 Å². The lowest BCUT2D eigenvalue weighted by Crippen LogP contribution is -2.35. The predicted octanol–water partition coefficient (Wildman–Crippen LogP) is -0.916. The monoisotopic (exact) mass is 405 g/mol. The fourth-order valence-electron chi connectivity index (χ4n) is 3.45. The summed E-state index contributed by atoms with van der Waals surface area (Å²) in [5, 5.41) is 20.1. The molecule has 3 aromatic rings. The molecule has 29 heavy (non-hydrogen) atoms. The zero-order chi connectivity index (χ0) is 20.4. The van der Waals surface area contributed by atoms with Crippen molar-refractivity contribution in [2.45, 2.75) is 43.8 Å². The van der Waals surface area contributed by atoms with Crippen molar-refractivity contribution in [3.05, 3.63) is 34.9 Å². The molecule has 0 bridgehead atoms. The molecule has 4 heterocycles. The first-order valence-corrected chi connectivity index (χ1v) is 9.35. The Morgan fingerprint density at radius 3 is 2.97 bits per heavy atom. The van der Waals surface area contributed by atoms with Gasteiger partial charge in [0.25, 0.3) is 5.56 Å². The number of ether oxygens (including phenoxy) is 2. The second kappa shape index (κ2) is 8.29. The van der Waals surface area contributed by atoms with E-state index in [1.807, 2.05) is 0 Å². The highest BCUT2D eigenvalue weighted by Gasteiger charge is 2.45. The largest absolute Gasteiger partial charge is 0.394 e. The number of hydrogen-bond acceptors (Lipinski definition) is 9. The maximum atomic E-state index is 12.0. The molecule has 1 aliphatic rings. The Labute approximate surface area is 164 Å². The van der Waals surface area contributed by atoms with Crippen LogP contribution in [-0.4, -0.2) is 71.2 Å². The van der Waals surface area contributed by atoms with Gasteiger partial charge in [0.15, 0.2) is 17.4 Å². The molecule has 0 radical (unpaired) electrons. The quantitative estimate of drug-likeness (QED) is 0.297. The van der Waals surface area contributed by atoms with Gasteiger partial charge in [-0.2, -0.15) is 4.98 Å². The number of nitrogens with one attached hydrogen (secondary N) is 2. The van der Waals surface area contributed by atoms with E-state index in [1.165, 1.54) is 10.9 Å². The van der Waals surface area contributed by atoms with Gasteiger partial charge in [0.05, 0.1) is 12.9 Å². The molecule has 0 spiro atoms. The van der Waals surface area contributed by atoms with Crippen LogP contribution in [0.4, 0.5) is 5.95 Å². The molecule has 0 saturated carbocycles. The number of fused-ring (bicyclic) bond motifs is 1. The second-order valence-electron chi connectivity index (χ2n) is 6.84. The van der Waals surface area contributed by atoms with Crippen LogP contribution >= 0.6 is 0 Å². The van der Waals surface area contributed by atoms with Crippen LogP contribution in [0.15, 0.2) is 23.5 Å². The van der Waals surface area contributed by atoms with Crippen LogP contribution in [0.25, 0.3) is 11.2 Å². The van der Waals surface area contributed by atoms with Crippen LogP contribution in [0.3, 0.4) is 0 Å². The van der Waals surface area contributed by atoms with Gasteiger partial charge in [0.2, 0.25) is 5.95 Å². The number of nitrogens with two attached hydrogens (primary N) is 1. The summed E-state index contributed by atoms with van der Waals surface area (Å²) in [6.45, 7) is 0.00201. The van der Waals surface area contributed by atoms with Crippen LogP contribution in [-0.2, 0) is 15.9 Å². The molecular formula is C17H23N7O5. The van der Waals surface area contributed by atoms with E-state index in [-0.39, 0.29) is 23.7 Å². The summed E-state index contributed by atoms with van der Waals surface area (Å²) >= 11 is 0. The van der Waals surface area contributed by atoms with Crippen LogP contribution < -0.4 is 11.3 Å². The highest BCUT2D eigenvalue weighted by atomic mass is 16.6. The van der Waals surface area contributed by atoms with E-state index >= 15 is 0 Å². The van der Waals surface area contributed by atoms with Crippen LogP contribution in [0, 0.1) is 0 Å². The van der Waals surface area contributed by atoms with Crippen molar-refractivity contribution in [3.63, 3.8) is 0 Å². The van der Waals surface area contributed by atoms with Crippen molar-refractivity contribution < 1.29 is 19.7 Å². The lowest BCUT2D eigenvalue weighted by molar-refractivity contribution is -0.0710. The standard InChI is InChI=1S/C17H23N7O5/c18-17-22-14-11(15(27)23-17)21-8-24(14)16-13(12(26)9(7-25)29-16)28-6-2-1-3-10-19-4-5-20-10/h4-5,8-9,12-13,16,25-26H,1-3,6-7H2,(H,19,20)(H3,18,22,23,27)/t9-,12?,13?,16-/m1/s1. The Bertz CT molecular complexity index is 1000. The molecule has 0 aromatic carbocycles. The maximum Gasteiger partial charge on any atom is 0.280 e. The first-order chi connectivity index (χ1) is 14.1. The third-order valence-corrected chi connectivity index (χ3v) is 4.89. The van der Waals surface area contributed by atoms with Crippen molar-refractivity contribution in [2.75, 3.05) is 18.9 Å². The molecule has 0 aliphatic carbocycles. The number of imidazole rings is 2. The number of aryl methyl sites for hydroxylation is 1. The van der Waals surface area contributed by atoms with Gasteiger partial charge < -0.3 is 30.4 Å². The minimum atomic E-state index is -1.05. The summed E-state index contributed by atoms with van der Waals surface area (Å²) in [7, 11) is 0. The number of nitrogens with zero attached hydrogens (tertiary/aromatic N) is 4. The summed E-state index contributed by atoms with van der Waals surface area (Å²) in [5.41, 5.74) is 5.49. The van der Waals surface area contributed by atoms with E-state index < -0.39 is 30.1 Å². The van der Waals surface area contributed by atoms with E-state index in [1.54, 1.807) is 12.4 Å². The molecule has 3 aromatic heterocycles. The predicted molar refractivity (Wildman–Crippen MR) is 101 cm³/mol. The van der Waals surface area contributed by atoms with Gasteiger partial charge >= 0.3 is 0 Å². The maximum absolute atomic E-state index is 12.0. The molecule has 156 valence electrons. The smallest absolute Gasteiger partial charge is 0.280 e. The number of unbranched alkanes of at least 4 members (excludes halogenated alkanes) is 1. The molecule has 12 nitrogen and oxygen atoms in total. The molecule has 2 unspecified atom stereocenters. The van der Waals surface area contributed by atoms with Crippen molar-refractivity contribution in [1.82, 2.24) is 29.5 Å². The number of hydrogen-bond donors (Lipinski definition) is 5. The summed E-state index contributed by atoms with van der Waals surface area (Å²) in [4.78, 5) is 29.8. The van der Waals surface area contributed by atoms with Crippen molar-refractivity contribution >= 4 is 17.1 Å². The van der Waals surface area contributed by atoms with E-state index in [0.717, 1.165) is 25.1 Å². The number of aliphatic hydroxyl groups is 2. The lowest BCUT2D eigenvalue weighted by Gasteiger charge is -2.22. The number of aromatic amines is 2. The number of anilines is 1. The molecule has 1 fully saturated rings. The van der Waals surface area contributed by atoms with E-state index in [0.29, 0.717) is 6.61 Å². The van der Waals surface area contributed by atoms with Gasteiger partial charge in [-0.25, -0.2) is 9.97 Å². The summed E-state index contributed by atoms with van der Waals surface area (Å²) in [6, 6.07) is 0. The SMILES string of the molecule is Nc1nc2c(ncn2[C@@H]2O[C@H](CO)C(O)C2OCCCCc2ncc[nH]2)c(=O)[nH]1. The molecule has 6 N–H and O–H groups in total. The number of H-pyrrole nitrogens is 2. The van der Waals surface area contributed by atoms with Crippen molar-refractivity contribution in [3.8, 4) is 0 Å². The lowest BCUT2D eigenvalue weighted by atomic mass is 10.1. The molecule has 4 rings (SSSR count). The second-order valence-corrected chi connectivity index (χ2v) is 6.84. The number of rotatable bonds is 8. The van der Waals surface area contributed by atoms with Crippen molar-refractivity contribution in [1.29, 1.82) is 0 Å². The van der Waals surface area contributed by atoms with Crippen LogP contribution in [0.1, 0.15) is 24.9 Å². The van der Waals surface area contributed by atoms with Crippen LogP contribution in [0.2, 0.25) is 0 Å². The van der Waals surface area contributed by atoms with Gasteiger partial charge in [0.1, 0.15) is 24.1 Å². The average molecular weight is 405 g/mol. The number of aromatic nitrogens is 6. The van der Waals surface area contributed by atoms with Gasteiger partial charge in [0, 0.05) is 25.4 Å². The van der Waals surface area contributed by atoms with E-state index in [4.69, 9.17) is 15.2 Å². The topological polar surface area (TPSA) is 177 Å². The Hall–Kier alpha value is -2.80. The molecule has 0 amide bonds. The zero-order valence-electron chi connectivity index (χ0n) is 15.6. The Morgan fingerprint density at radius 1 is 1.34 bits per heavy atom. The summed E-state index contributed by atoms with van der Waals surface area (Å²) in [6.07, 6.45) is 3.80. The molecule has 1 aliphatic heterocycles. The zero-order valence-corrected chi connectivity index (χ0v) is 15.6. The average Bonchev–Trinajstić information content (AvgIpc) is 3.41. The highest BCUT2D eigenvalue weighted by molar-refractivity contribution is 5.70. The van der Waals surface area contributed by atoms with Gasteiger partial charge in [-0.1, -0.05) is 0 Å². The number of nitrogen functional groups attached to an aromatic ring is 1. The third kappa shape index (κ3) is 3.87. The highest BCUT2D eigenvalue weighted by Crippen LogP contribution is 2.33. The van der Waals surface area contributed by atoms with Crippen LogP contribution in [0.5, 0.6) is 0 Å². The minimum absolute atomic E-state index is 0.0584. The number of aliphatic hydroxyl groups excluding tert-OH is 2. The molecule has 4 atom stereocenters. The van der Waals surface area contributed by atoms with Gasteiger partial charge in [-0.15, -0.1) is 0 Å². The first kappa shape index (κ1) is 19.5. The molecule has 1 saturated heterocycles. The van der Waals surface area contributed by atoms with Gasteiger partial charge in [-0.05, 0) is 12.8 Å². The molecule has 12 heteroatoms. The van der Waals surface area contributed by atoms with E-state index in [9.17, 15) is 15.0 Å². The Morgan fingerprint density at radius 2 is 2.21 bits per heavy atom. The summed E-state index contributed by atoms with van der Waals surface area (Å²) in [5.74, 6) is 0.850. The fourth-order valence-corrected chi connectivity index (χ4v) is 3.45. The summed E-state index contributed by atoms with van der Waals surface area (Å²) < 4.78 is 13.2. The molecular weight excluding hydrogens is 382 g/mol. The van der Waals surface area contributed by atoms with Gasteiger partial charge in [-0.3, -0.25) is 14.3 Å². The third-order valence-electron chi connectivity index (χ3n) is 4.89. The minimum Gasteiger partial charge on any atom is -0.394 e. The first-order valence-electron chi connectivity index (χ1n) is 9.35. The normalized spacial score (nSPS) is 24.5. The Kier molecular flexibility index (Phi) is 5.58. The Balaban J connectivity index is 1.48. The van der Waals surface area contributed by atoms with Crippen molar-refractivity contribution in [2.24, 2.45) is 0 Å².